The molecular formula is C10H19N. The van der Waals surface area contributed by atoms with Crippen LogP contribution in [0.4, 0.5) is 0 Å². The van der Waals surface area contributed by atoms with E-state index in [1.807, 2.05) is 51.1 Å². The molecule has 0 unspecified atom stereocenters. The van der Waals surface area contributed by atoms with Gasteiger partial charge in [0.15, 0.2) is 0 Å². The summed E-state index contributed by atoms with van der Waals surface area (Å²) in [6.45, 7) is 5.98. The van der Waals surface area contributed by atoms with Gasteiger partial charge in [0.2, 0.25) is 0 Å². The fourth-order valence-electron chi connectivity index (χ4n) is 0.757. The number of nitrogens with two attached hydrogens (primary N) is 1. The second kappa shape index (κ2) is 5.93. The first-order valence-electron chi connectivity index (χ1n) is 4.11. The fraction of sp³-hybridized carbons (Fsp3) is 0.400. The minimum atomic E-state index is 0. The molecule has 0 heterocycles. The van der Waals surface area contributed by atoms with Crippen molar-refractivity contribution in [2.75, 3.05) is 0 Å². The van der Waals surface area contributed by atoms with Gasteiger partial charge in [-0.3, -0.25) is 0 Å². The molecule has 0 spiro atoms. The van der Waals surface area contributed by atoms with Crippen molar-refractivity contribution < 1.29 is 1.43 Å². The van der Waals surface area contributed by atoms with Gasteiger partial charge in [0.05, 0.1) is 0 Å². The maximum absolute atomic E-state index is 5.61. The molecule has 2 N–H and O–H groups in total. The predicted molar refractivity (Wildman–Crippen MR) is 52.5 cm³/mol. The average molecular weight is 153 g/mol. The van der Waals surface area contributed by atoms with E-state index in [1.165, 1.54) is 5.56 Å². The molecule has 1 aromatic carbocycles. The van der Waals surface area contributed by atoms with E-state index < -0.39 is 0 Å². The molecule has 0 fully saturated rings. The van der Waals surface area contributed by atoms with Gasteiger partial charge >= 0.3 is 0 Å². The first kappa shape index (κ1) is 10.2. The van der Waals surface area contributed by atoms with Crippen molar-refractivity contribution in [2.45, 2.75) is 26.8 Å². The lowest BCUT2D eigenvalue weighted by Crippen LogP contribution is -2.03. The van der Waals surface area contributed by atoms with Crippen LogP contribution in [0.3, 0.4) is 0 Å². The van der Waals surface area contributed by atoms with Crippen LogP contribution in [0.1, 0.15) is 33.8 Å². The molecule has 1 rings (SSSR count). The second-order valence-corrected chi connectivity index (χ2v) is 2.20. The van der Waals surface area contributed by atoms with E-state index in [9.17, 15) is 0 Å². The Hall–Kier alpha value is -0.820. The van der Waals surface area contributed by atoms with Crippen molar-refractivity contribution in [1.82, 2.24) is 0 Å². The monoisotopic (exact) mass is 153 g/mol. The normalized spacial score (nSPS) is 11.3. The summed E-state index contributed by atoms with van der Waals surface area (Å²) in [5.41, 5.74) is 6.81. The Labute approximate surface area is 70.7 Å². The lowest BCUT2D eigenvalue weighted by Gasteiger charge is -2.02. The number of hydrogen-bond donors (Lipinski definition) is 1. The van der Waals surface area contributed by atoms with Gasteiger partial charge in [-0.15, -0.1) is 0 Å². The highest BCUT2D eigenvalue weighted by Crippen LogP contribution is 2.06. The van der Waals surface area contributed by atoms with Gasteiger partial charge in [-0.05, 0) is 12.5 Å². The minimum absolute atomic E-state index is 0. The molecule has 1 heteroatoms. The van der Waals surface area contributed by atoms with Crippen molar-refractivity contribution in [3.63, 3.8) is 0 Å². The second-order valence-electron chi connectivity index (χ2n) is 2.20. The van der Waals surface area contributed by atoms with Crippen molar-refractivity contribution >= 4 is 0 Å². The number of hydrogen-bond acceptors (Lipinski definition) is 1. The molecule has 0 radical (unpaired) electrons. The summed E-state index contributed by atoms with van der Waals surface area (Å²) in [4.78, 5) is 0. The maximum atomic E-state index is 5.61. The minimum Gasteiger partial charge on any atom is -0.324 e. The molecule has 0 saturated heterocycles. The summed E-state index contributed by atoms with van der Waals surface area (Å²) in [5.74, 6) is 0. The smallest absolute Gasteiger partial charge is 0.0266 e. The SMILES string of the molecule is CC.C[C@@H](N)c1ccccc1.[HH]. The Morgan fingerprint density at radius 1 is 1.18 bits per heavy atom. The summed E-state index contributed by atoms with van der Waals surface area (Å²) in [6.07, 6.45) is 0. The van der Waals surface area contributed by atoms with E-state index in [4.69, 9.17) is 5.73 Å². The van der Waals surface area contributed by atoms with Crippen LogP contribution in [0.5, 0.6) is 0 Å². The van der Waals surface area contributed by atoms with E-state index in [1.54, 1.807) is 0 Å². The highest BCUT2D eigenvalue weighted by molar-refractivity contribution is 5.17. The standard InChI is InChI=1S/C8H11N.C2H6.H2/c1-7(9)8-5-3-2-4-6-8;1-2;/h2-7H,9H2,1H3;1-2H3;1H/t7-;;/m1../s1. The zero-order valence-electron chi connectivity index (χ0n) is 7.54. The summed E-state index contributed by atoms with van der Waals surface area (Å²) in [6, 6.07) is 10.2. The molecule has 64 valence electrons. The first-order valence-corrected chi connectivity index (χ1v) is 4.11. The fourth-order valence-corrected chi connectivity index (χ4v) is 0.757. The van der Waals surface area contributed by atoms with Crippen molar-refractivity contribution in [2.24, 2.45) is 5.73 Å². The molecule has 1 aromatic rings. The third kappa shape index (κ3) is 3.79. The summed E-state index contributed by atoms with van der Waals surface area (Å²) in [5, 5.41) is 0. The summed E-state index contributed by atoms with van der Waals surface area (Å²) in [7, 11) is 0. The van der Waals surface area contributed by atoms with Gasteiger partial charge < -0.3 is 5.73 Å². The predicted octanol–water partition coefficient (Wildman–Crippen LogP) is 2.98. The molecule has 0 aliphatic rings. The van der Waals surface area contributed by atoms with Crippen LogP contribution in [0.25, 0.3) is 0 Å². The van der Waals surface area contributed by atoms with E-state index in [-0.39, 0.29) is 7.47 Å². The molecule has 0 aliphatic carbocycles. The van der Waals surface area contributed by atoms with Crippen molar-refractivity contribution in [3.05, 3.63) is 35.9 Å². The Morgan fingerprint density at radius 3 is 1.91 bits per heavy atom. The molecule has 1 nitrogen and oxygen atoms in total. The van der Waals surface area contributed by atoms with Crippen LogP contribution in [-0.2, 0) is 0 Å². The Kier molecular flexibility index (Phi) is 5.49. The van der Waals surface area contributed by atoms with E-state index in [0.29, 0.717) is 0 Å². The van der Waals surface area contributed by atoms with Crippen molar-refractivity contribution in [1.29, 1.82) is 0 Å². The van der Waals surface area contributed by atoms with Gasteiger partial charge in [0.25, 0.3) is 0 Å². The Balaban J connectivity index is 0. The quantitative estimate of drug-likeness (QED) is 0.659. The van der Waals surface area contributed by atoms with Crippen LogP contribution in [0.15, 0.2) is 30.3 Å². The Bertz CT molecular complexity index is 172. The van der Waals surface area contributed by atoms with Gasteiger partial charge in [-0.1, -0.05) is 44.2 Å². The van der Waals surface area contributed by atoms with Crippen molar-refractivity contribution in [3.8, 4) is 0 Å². The van der Waals surface area contributed by atoms with Crippen LogP contribution < -0.4 is 5.73 Å². The highest BCUT2D eigenvalue weighted by atomic mass is 14.6. The average Bonchev–Trinajstić information content (AvgIpc) is 2.10. The summed E-state index contributed by atoms with van der Waals surface area (Å²) >= 11 is 0. The molecule has 0 amide bonds. The van der Waals surface area contributed by atoms with Crippen LogP contribution in [0.2, 0.25) is 0 Å². The van der Waals surface area contributed by atoms with Gasteiger partial charge in [0, 0.05) is 7.47 Å². The molecule has 0 bridgehead atoms. The summed E-state index contributed by atoms with van der Waals surface area (Å²) < 4.78 is 0. The van der Waals surface area contributed by atoms with Crippen LogP contribution >= 0.6 is 0 Å². The number of benzene rings is 1. The number of rotatable bonds is 1. The van der Waals surface area contributed by atoms with Gasteiger partial charge in [-0.25, -0.2) is 0 Å². The van der Waals surface area contributed by atoms with E-state index >= 15 is 0 Å². The van der Waals surface area contributed by atoms with Crippen LogP contribution in [-0.4, -0.2) is 0 Å². The first-order chi connectivity index (χ1) is 5.30. The maximum Gasteiger partial charge on any atom is 0.0266 e. The lowest BCUT2D eigenvalue weighted by molar-refractivity contribution is 0.818. The Morgan fingerprint density at radius 2 is 1.64 bits per heavy atom. The zero-order chi connectivity index (χ0) is 8.69. The molecule has 0 aromatic heterocycles. The molecular weight excluding hydrogens is 134 g/mol. The molecule has 0 aliphatic heterocycles. The lowest BCUT2D eigenvalue weighted by atomic mass is 10.1. The van der Waals surface area contributed by atoms with Crippen LogP contribution in [0, 0.1) is 0 Å². The molecule has 0 saturated carbocycles. The van der Waals surface area contributed by atoms with E-state index in [0.717, 1.165) is 0 Å². The largest absolute Gasteiger partial charge is 0.324 e. The van der Waals surface area contributed by atoms with Gasteiger partial charge in [0.1, 0.15) is 0 Å². The zero-order valence-corrected chi connectivity index (χ0v) is 7.54. The molecule has 11 heavy (non-hydrogen) atoms. The van der Waals surface area contributed by atoms with E-state index in [2.05, 4.69) is 0 Å². The highest BCUT2D eigenvalue weighted by Gasteiger charge is 1.93. The molecule has 1 atom stereocenters. The third-order valence-corrected chi connectivity index (χ3v) is 1.33. The van der Waals surface area contributed by atoms with Gasteiger partial charge in [-0.2, -0.15) is 0 Å². The topological polar surface area (TPSA) is 26.0 Å². The third-order valence-electron chi connectivity index (χ3n) is 1.33.